The van der Waals surface area contributed by atoms with Crippen molar-refractivity contribution < 1.29 is 13.2 Å². The van der Waals surface area contributed by atoms with Gasteiger partial charge in [0.1, 0.15) is 11.9 Å². The van der Waals surface area contributed by atoms with Gasteiger partial charge in [-0.2, -0.15) is 0 Å². The molecule has 1 aliphatic rings. The summed E-state index contributed by atoms with van der Waals surface area (Å²) in [7, 11) is -3.07. The Kier molecular flexibility index (Phi) is 5.96. The maximum absolute atomic E-state index is 11.3. The molecular formula is C14H23N3O3S. The Labute approximate surface area is 126 Å². The highest BCUT2D eigenvalue weighted by molar-refractivity contribution is 7.89. The zero-order chi connectivity index (χ0) is 15.1. The predicted molar refractivity (Wildman–Crippen MR) is 81.8 cm³/mol. The lowest BCUT2D eigenvalue weighted by atomic mass is 10.3. The van der Waals surface area contributed by atoms with Gasteiger partial charge in [-0.3, -0.25) is 9.88 Å². The second-order valence-electron chi connectivity index (χ2n) is 5.17. The van der Waals surface area contributed by atoms with Gasteiger partial charge in [0, 0.05) is 25.8 Å². The van der Waals surface area contributed by atoms with Crippen molar-refractivity contribution >= 4 is 10.0 Å². The number of nitrogens with zero attached hydrogens (tertiary/aromatic N) is 2. The number of pyridine rings is 1. The Bertz CT molecular complexity index is 522. The lowest BCUT2D eigenvalue weighted by Gasteiger charge is -2.16. The van der Waals surface area contributed by atoms with Crippen molar-refractivity contribution in [2.24, 2.45) is 0 Å². The first-order chi connectivity index (χ1) is 10.1. The number of aromatic nitrogens is 1. The molecule has 1 aromatic rings. The molecule has 6 nitrogen and oxygen atoms in total. The molecule has 0 radical (unpaired) electrons. The van der Waals surface area contributed by atoms with Crippen molar-refractivity contribution in [3.05, 3.63) is 24.5 Å². The van der Waals surface area contributed by atoms with Crippen LogP contribution in [0.15, 0.2) is 24.5 Å². The van der Waals surface area contributed by atoms with Crippen molar-refractivity contribution in [2.45, 2.75) is 25.9 Å². The SMILES string of the molecule is CCS(=O)(=O)NCCCN1CCC(Oc2cccnc2)C1. The molecule has 2 heterocycles. The zero-order valence-corrected chi connectivity index (χ0v) is 13.2. The highest BCUT2D eigenvalue weighted by Crippen LogP contribution is 2.17. The van der Waals surface area contributed by atoms with Crippen molar-refractivity contribution in [2.75, 3.05) is 31.9 Å². The maximum Gasteiger partial charge on any atom is 0.211 e. The van der Waals surface area contributed by atoms with E-state index in [0.717, 1.165) is 38.2 Å². The molecule has 0 bridgehead atoms. The minimum absolute atomic E-state index is 0.137. The molecule has 0 aromatic carbocycles. The van der Waals surface area contributed by atoms with Crippen molar-refractivity contribution in [3.63, 3.8) is 0 Å². The van der Waals surface area contributed by atoms with Crippen LogP contribution in [-0.2, 0) is 10.0 Å². The molecule has 7 heteroatoms. The van der Waals surface area contributed by atoms with E-state index in [1.807, 2.05) is 12.1 Å². The highest BCUT2D eigenvalue weighted by atomic mass is 32.2. The van der Waals surface area contributed by atoms with Gasteiger partial charge in [-0.15, -0.1) is 0 Å². The molecule has 1 N–H and O–H groups in total. The molecule has 1 saturated heterocycles. The summed E-state index contributed by atoms with van der Waals surface area (Å²) in [4.78, 5) is 6.34. The van der Waals surface area contributed by atoms with E-state index in [2.05, 4.69) is 14.6 Å². The van der Waals surface area contributed by atoms with Gasteiger partial charge in [-0.05, 0) is 38.4 Å². The van der Waals surface area contributed by atoms with Crippen LogP contribution in [0.4, 0.5) is 0 Å². The number of likely N-dealkylation sites (tertiary alicyclic amines) is 1. The second kappa shape index (κ2) is 7.72. The Morgan fingerprint density at radius 3 is 3.10 bits per heavy atom. The third-order valence-corrected chi connectivity index (χ3v) is 4.92. The predicted octanol–water partition coefficient (Wildman–Crippen LogP) is 0.864. The largest absolute Gasteiger partial charge is 0.487 e. The summed E-state index contributed by atoms with van der Waals surface area (Å²) in [6, 6.07) is 3.77. The number of ether oxygens (including phenoxy) is 1. The Balaban J connectivity index is 1.64. The minimum Gasteiger partial charge on any atom is -0.487 e. The third-order valence-electron chi connectivity index (χ3n) is 3.52. The van der Waals surface area contributed by atoms with E-state index >= 15 is 0 Å². The summed E-state index contributed by atoms with van der Waals surface area (Å²) in [6.45, 7) is 4.91. The lowest BCUT2D eigenvalue weighted by molar-refractivity contribution is 0.199. The molecule has 0 saturated carbocycles. The number of hydrogen-bond donors (Lipinski definition) is 1. The van der Waals surface area contributed by atoms with Crippen molar-refractivity contribution in [3.8, 4) is 5.75 Å². The number of nitrogens with one attached hydrogen (secondary N) is 1. The Hall–Kier alpha value is -1.18. The zero-order valence-electron chi connectivity index (χ0n) is 12.4. The molecule has 0 spiro atoms. The van der Waals surface area contributed by atoms with Crippen molar-refractivity contribution in [1.29, 1.82) is 0 Å². The van der Waals surface area contributed by atoms with E-state index in [0.29, 0.717) is 6.54 Å². The van der Waals surface area contributed by atoms with Crippen LogP contribution in [0.2, 0.25) is 0 Å². The Morgan fingerprint density at radius 1 is 1.52 bits per heavy atom. The van der Waals surface area contributed by atoms with E-state index in [1.165, 1.54) is 0 Å². The number of hydrogen-bond acceptors (Lipinski definition) is 5. The van der Waals surface area contributed by atoms with Crippen molar-refractivity contribution in [1.82, 2.24) is 14.6 Å². The molecule has 1 atom stereocenters. The lowest BCUT2D eigenvalue weighted by Crippen LogP contribution is -2.30. The molecule has 0 aliphatic carbocycles. The molecule has 1 aliphatic heterocycles. The van der Waals surface area contributed by atoms with E-state index in [-0.39, 0.29) is 11.9 Å². The maximum atomic E-state index is 11.3. The first kappa shape index (κ1) is 16.2. The second-order valence-corrected chi connectivity index (χ2v) is 7.26. The average Bonchev–Trinajstić information content (AvgIpc) is 2.92. The van der Waals surface area contributed by atoms with Crippen LogP contribution in [0, 0.1) is 0 Å². The van der Waals surface area contributed by atoms with Crippen LogP contribution in [-0.4, -0.2) is 56.3 Å². The molecule has 2 rings (SSSR count). The molecule has 0 amide bonds. The van der Waals surface area contributed by atoms with Crippen LogP contribution in [0.5, 0.6) is 5.75 Å². The van der Waals surface area contributed by atoms with Gasteiger partial charge in [-0.25, -0.2) is 13.1 Å². The van der Waals surface area contributed by atoms with E-state index in [9.17, 15) is 8.42 Å². The fourth-order valence-corrected chi connectivity index (χ4v) is 3.00. The van der Waals surface area contributed by atoms with E-state index in [4.69, 9.17) is 4.74 Å². The summed E-state index contributed by atoms with van der Waals surface area (Å²) >= 11 is 0. The van der Waals surface area contributed by atoms with Gasteiger partial charge in [0.05, 0.1) is 11.9 Å². The van der Waals surface area contributed by atoms with Gasteiger partial charge < -0.3 is 4.74 Å². The monoisotopic (exact) mass is 313 g/mol. The topological polar surface area (TPSA) is 71.5 Å². The fraction of sp³-hybridized carbons (Fsp3) is 0.643. The molecule has 1 aromatic heterocycles. The van der Waals surface area contributed by atoms with Gasteiger partial charge in [0.2, 0.25) is 10.0 Å². The third kappa shape index (κ3) is 5.61. The standard InChI is InChI=1S/C14H23N3O3S/c1-2-21(18,19)16-8-4-9-17-10-6-14(12-17)20-13-5-3-7-15-11-13/h3,5,7,11,14,16H,2,4,6,8-10,12H2,1H3. The van der Waals surface area contributed by atoms with E-state index in [1.54, 1.807) is 19.3 Å². The average molecular weight is 313 g/mol. The fourth-order valence-electron chi connectivity index (χ4n) is 2.34. The molecule has 1 fully saturated rings. The molecular weight excluding hydrogens is 290 g/mol. The molecule has 1 unspecified atom stereocenters. The van der Waals surface area contributed by atoms with Crippen LogP contribution >= 0.6 is 0 Å². The quantitative estimate of drug-likeness (QED) is 0.721. The molecule has 118 valence electrons. The van der Waals surface area contributed by atoms with Crippen LogP contribution in [0.25, 0.3) is 0 Å². The van der Waals surface area contributed by atoms with Gasteiger partial charge >= 0.3 is 0 Å². The first-order valence-corrected chi connectivity index (χ1v) is 9.00. The summed E-state index contributed by atoms with van der Waals surface area (Å²) in [5.41, 5.74) is 0. The summed E-state index contributed by atoms with van der Waals surface area (Å²) in [5, 5.41) is 0. The Morgan fingerprint density at radius 2 is 2.38 bits per heavy atom. The normalized spacial score (nSPS) is 19.8. The number of sulfonamides is 1. The highest BCUT2D eigenvalue weighted by Gasteiger charge is 2.23. The first-order valence-electron chi connectivity index (χ1n) is 7.35. The number of rotatable bonds is 8. The van der Waals surface area contributed by atoms with E-state index < -0.39 is 10.0 Å². The van der Waals surface area contributed by atoms with Gasteiger partial charge in [0.15, 0.2) is 0 Å². The smallest absolute Gasteiger partial charge is 0.211 e. The minimum atomic E-state index is -3.07. The van der Waals surface area contributed by atoms with Crippen LogP contribution in [0.3, 0.4) is 0 Å². The summed E-state index contributed by atoms with van der Waals surface area (Å²) in [6.07, 6.45) is 5.46. The summed E-state index contributed by atoms with van der Waals surface area (Å²) in [5.74, 6) is 0.942. The summed E-state index contributed by atoms with van der Waals surface area (Å²) < 4.78 is 31.1. The van der Waals surface area contributed by atoms with Gasteiger partial charge in [-0.1, -0.05) is 0 Å². The van der Waals surface area contributed by atoms with Crippen LogP contribution in [0.1, 0.15) is 19.8 Å². The molecule has 21 heavy (non-hydrogen) atoms. The van der Waals surface area contributed by atoms with Crippen LogP contribution < -0.4 is 9.46 Å². The van der Waals surface area contributed by atoms with Gasteiger partial charge in [0.25, 0.3) is 0 Å².